The largest absolute Gasteiger partial charge is 0.495 e. The van der Waals surface area contributed by atoms with E-state index in [0.29, 0.717) is 12.2 Å². The summed E-state index contributed by atoms with van der Waals surface area (Å²) < 4.78 is 20.8. The first-order valence-corrected chi connectivity index (χ1v) is 9.09. The Kier molecular flexibility index (Phi) is 5.90. The van der Waals surface area contributed by atoms with Gasteiger partial charge in [-0.25, -0.2) is 9.18 Å². The summed E-state index contributed by atoms with van der Waals surface area (Å²) in [5, 5.41) is 5.41. The lowest BCUT2D eigenvalue weighted by molar-refractivity contribution is 0.251. The van der Waals surface area contributed by atoms with Gasteiger partial charge >= 0.3 is 6.03 Å². The van der Waals surface area contributed by atoms with Crippen LogP contribution >= 0.6 is 11.6 Å². The van der Waals surface area contributed by atoms with E-state index in [1.807, 2.05) is 44.2 Å². The smallest absolute Gasteiger partial charge is 0.319 e. The number of aryl methyl sites for hydroxylation is 1. The Morgan fingerprint density at radius 2 is 1.93 bits per heavy atom. The molecule has 28 heavy (non-hydrogen) atoms. The van der Waals surface area contributed by atoms with E-state index in [9.17, 15) is 9.18 Å². The van der Waals surface area contributed by atoms with E-state index in [4.69, 9.17) is 16.3 Å². The number of ether oxygens (including phenoxy) is 1. The number of benzene rings is 2. The number of anilines is 1. The molecule has 2 amide bonds. The van der Waals surface area contributed by atoms with E-state index >= 15 is 0 Å². The van der Waals surface area contributed by atoms with Gasteiger partial charge in [0, 0.05) is 23.6 Å². The minimum atomic E-state index is -0.531. The van der Waals surface area contributed by atoms with E-state index < -0.39 is 11.8 Å². The number of hydrogen-bond donors (Lipinski definition) is 2. The Morgan fingerprint density at radius 1 is 1.18 bits per heavy atom. The first-order valence-electron chi connectivity index (χ1n) is 8.72. The molecule has 0 fully saturated rings. The second-order valence-corrected chi connectivity index (χ2v) is 6.75. The Labute approximate surface area is 168 Å². The van der Waals surface area contributed by atoms with Gasteiger partial charge in [-0.3, -0.25) is 0 Å². The third kappa shape index (κ3) is 4.12. The zero-order valence-electron chi connectivity index (χ0n) is 15.8. The highest BCUT2D eigenvalue weighted by atomic mass is 35.5. The number of para-hydroxylation sites is 2. The van der Waals surface area contributed by atoms with Gasteiger partial charge in [-0.2, -0.15) is 0 Å². The molecule has 7 heteroatoms. The SMILES string of the molecule is COc1ccccc1-n1c(C)cc(CNC(=O)Nc2ccc(F)c(Cl)c2)c1C. The summed E-state index contributed by atoms with van der Waals surface area (Å²) in [6.45, 7) is 4.34. The number of aromatic nitrogens is 1. The van der Waals surface area contributed by atoms with Gasteiger partial charge < -0.3 is 19.9 Å². The van der Waals surface area contributed by atoms with Crippen LogP contribution < -0.4 is 15.4 Å². The summed E-state index contributed by atoms with van der Waals surface area (Å²) in [6.07, 6.45) is 0. The second-order valence-electron chi connectivity index (χ2n) is 6.34. The summed E-state index contributed by atoms with van der Waals surface area (Å²) in [5.74, 6) is 0.242. The monoisotopic (exact) mass is 401 g/mol. The zero-order valence-corrected chi connectivity index (χ0v) is 16.6. The molecule has 3 aromatic rings. The molecule has 1 heterocycles. The Bertz CT molecular complexity index is 1020. The fraction of sp³-hybridized carbons (Fsp3) is 0.190. The molecular weight excluding hydrogens is 381 g/mol. The van der Waals surface area contributed by atoms with Crippen LogP contribution in [0, 0.1) is 19.7 Å². The van der Waals surface area contributed by atoms with Crippen LogP contribution in [0.3, 0.4) is 0 Å². The van der Waals surface area contributed by atoms with Gasteiger partial charge in [0.15, 0.2) is 0 Å². The van der Waals surface area contributed by atoms with E-state index in [1.54, 1.807) is 7.11 Å². The van der Waals surface area contributed by atoms with Gasteiger partial charge in [-0.05, 0) is 55.8 Å². The first kappa shape index (κ1) is 19.8. The summed E-state index contributed by atoms with van der Waals surface area (Å²) >= 11 is 5.73. The predicted octanol–water partition coefficient (Wildman–Crippen LogP) is 5.22. The molecule has 0 aliphatic rings. The molecule has 0 atom stereocenters. The molecule has 0 aliphatic carbocycles. The number of nitrogens with one attached hydrogen (secondary N) is 2. The highest BCUT2D eigenvalue weighted by Crippen LogP contribution is 2.28. The maximum Gasteiger partial charge on any atom is 0.319 e. The summed E-state index contributed by atoms with van der Waals surface area (Å²) in [5.41, 5.74) is 4.38. The maximum atomic E-state index is 13.2. The number of methoxy groups -OCH3 is 1. The van der Waals surface area contributed by atoms with Gasteiger partial charge in [-0.15, -0.1) is 0 Å². The molecule has 0 unspecified atom stereocenters. The lowest BCUT2D eigenvalue weighted by Crippen LogP contribution is -2.28. The van der Waals surface area contributed by atoms with Crippen LogP contribution in [0.5, 0.6) is 5.75 Å². The van der Waals surface area contributed by atoms with Crippen molar-refractivity contribution in [3.63, 3.8) is 0 Å². The molecule has 5 nitrogen and oxygen atoms in total. The fourth-order valence-electron chi connectivity index (χ4n) is 3.12. The molecule has 0 bridgehead atoms. The molecular formula is C21H21ClFN3O2. The first-order chi connectivity index (χ1) is 13.4. The van der Waals surface area contributed by atoms with Crippen molar-refractivity contribution < 1.29 is 13.9 Å². The summed E-state index contributed by atoms with van der Waals surface area (Å²) in [4.78, 5) is 12.2. The van der Waals surface area contributed by atoms with Crippen LogP contribution in [0.4, 0.5) is 14.9 Å². The van der Waals surface area contributed by atoms with Crippen molar-refractivity contribution in [1.82, 2.24) is 9.88 Å². The molecule has 3 rings (SSSR count). The average molecular weight is 402 g/mol. The number of nitrogens with zero attached hydrogens (tertiary/aromatic N) is 1. The molecule has 0 radical (unpaired) electrons. The Morgan fingerprint density at radius 3 is 2.64 bits per heavy atom. The van der Waals surface area contributed by atoms with E-state index in [-0.39, 0.29) is 5.02 Å². The van der Waals surface area contributed by atoms with E-state index in [2.05, 4.69) is 15.2 Å². The number of carbonyl (C=O) groups excluding carboxylic acids is 1. The molecule has 0 aliphatic heterocycles. The quantitative estimate of drug-likeness (QED) is 0.616. The number of halogens is 2. The average Bonchev–Trinajstić information content (AvgIpc) is 2.96. The number of amides is 2. The zero-order chi connectivity index (χ0) is 20.3. The van der Waals surface area contributed by atoms with Gasteiger partial charge in [0.05, 0.1) is 17.8 Å². The van der Waals surface area contributed by atoms with Gasteiger partial charge in [-0.1, -0.05) is 23.7 Å². The molecule has 2 N–H and O–H groups in total. The van der Waals surface area contributed by atoms with E-state index in [0.717, 1.165) is 28.4 Å². The van der Waals surface area contributed by atoms with E-state index in [1.165, 1.54) is 18.2 Å². The van der Waals surface area contributed by atoms with Crippen molar-refractivity contribution in [3.05, 3.63) is 76.3 Å². The second kappa shape index (κ2) is 8.35. The molecule has 2 aromatic carbocycles. The van der Waals surface area contributed by atoms with Crippen molar-refractivity contribution >= 4 is 23.3 Å². The molecule has 1 aromatic heterocycles. The normalized spacial score (nSPS) is 10.6. The van der Waals surface area contributed by atoms with Crippen molar-refractivity contribution in [2.24, 2.45) is 0 Å². The van der Waals surface area contributed by atoms with Crippen molar-refractivity contribution in [2.75, 3.05) is 12.4 Å². The number of rotatable bonds is 5. The topological polar surface area (TPSA) is 55.3 Å². The Hall–Kier alpha value is -2.99. The van der Waals surface area contributed by atoms with Crippen molar-refractivity contribution in [1.29, 1.82) is 0 Å². The Balaban J connectivity index is 1.73. The highest BCUT2D eigenvalue weighted by Gasteiger charge is 2.14. The van der Waals surface area contributed by atoms with Crippen molar-refractivity contribution in [2.45, 2.75) is 20.4 Å². The lowest BCUT2D eigenvalue weighted by Gasteiger charge is -2.14. The van der Waals surface area contributed by atoms with Crippen LogP contribution in [0.2, 0.25) is 5.02 Å². The highest BCUT2D eigenvalue weighted by molar-refractivity contribution is 6.31. The molecule has 146 valence electrons. The molecule has 0 saturated carbocycles. The summed E-state index contributed by atoms with van der Waals surface area (Å²) in [6, 6.07) is 13.4. The van der Waals surface area contributed by atoms with Gasteiger partial charge in [0.1, 0.15) is 11.6 Å². The van der Waals surface area contributed by atoms with Crippen LogP contribution in [-0.2, 0) is 6.54 Å². The minimum Gasteiger partial charge on any atom is -0.495 e. The maximum absolute atomic E-state index is 13.2. The third-order valence-electron chi connectivity index (χ3n) is 4.48. The summed E-state index contributed by atoms with van der Waals surface area (Å²) in [7, 11) is 1.64. The van der Waals surface area contributed by atoms with Gasteiger partial charge in [0.2, 0.25) is 0 Å². The lowest BCUT2D eigenvalue weighted by atomic mass is 10.2. The van der Waals surface area contributed by atoms with Gasteiger partial charge in [0.25, 0.3) is 0 Å². The number of carbonyl (C=O) groups is 1. The predicted molar refractivity (Wildman–Crippen MR) is 109 cm³/mol. The number of urea groups is 1. The van der Waals surface area contributed by atoms with Crippen LogP contribution in [0.25, 0.3) is 5.69 Å². The molecule has 0 saturated heterocycles. The van der Waals surface area contributed by atoms with Crippen molar-refractivity contribution in [3.8, 4) is 11.4 Å². The fourth-order valence-corrected chi connectivity index (χ4v) is 3.30. The minimum absolute atomic E-state index is 0.0434. The van der Waals surface area contributed by atoms with Crippen LogP contribution in [-0.4, -0.2) is 17.7 Å². The molecule has 0 spiro atoms. The van der Waals surface area contributed by atoms with Crippen LogP contribution in [0.1, 0.15) is 17.0 Å². The number of hydrogen-bond acceptors (Lipinski definition) is 2. The third-order valence-corrected chi connectivity index (χ3v) is 4.77. The standard InChI is InChI=1S/C21H21ClFN3O2/c1-13-10-15(14(2)26(13)19-6-4-5-7-20(19)28-3)12-24-21(27)25-16-8-9-18(23)17(22)11-16/h4-11H,12H2,1-3H3,(H2,24,25,27). The van der Waals surface area contributed by atoms with Crippen LogP contribution in [0.15, 0.2) is 48.5 Å².